The molecule has 3 rings (SSSR count). The standard InChI is InChI=1S/C17H16ClN3O/c1-2-16(20-21-9-3-4-13(21)11-22)15-7-8-19-17-10-12(18)5-6-14(15)17/h3-11,16,20H,2H2,1H3. The molecule has 1 aromatic carbocycles. The van der Waals surface area contributed by atoms with E-state index in [9.17, 15) is 4.79 Å². The highest BCUT2D eigenvalue weighted by molar-refractivity contribution is 6.31. The lowest BCUT2D eigenvalue weighted by Crippen LogP contribution is -2.21. The first kappa shape index (κ1) is 14.6. The van der Waals surface area contributed by atoms with Crippen molar-refractivity contribution in [1.29, 1.82) is 0 Å². The summed E-state index contributed by atoms with van der Waals surface area (Å²) in [4.78, 5) is 15.4. The SMILES string of the molecule is CCC(Nn1cccc1C=O)c1ccnc2cc(Cl)ccc12. The van der Waals surface area contributed by atoms with Crippen LogP contribution in [0.25, 0.3) is 10.9 Å². The topological polar surface area (TPSA) is 46.9 Å². The smallest absolute Gasteiger partial charge is 0.168 e. The first-order chi connectivity index (χ1) is 10.7. The zero-order chi connectivity index (χ0) is 15.5. The zero-order valence-electron chi connectivity index (χ0n) is 12.2. The van der Waals surface area contributed by atoms with Gasteiger partial charge in [-0.3, -0.25) is 14.5 Å². The molecule has 0 amide bonds. The molecule has 2 heterocycles. The van der Waals surface area contributed by atoms with Crippen LogP contribution in [0.1, 0.15) is 35.4 Å². The van der Waals surface area contributed by atoms with Crippen LogP contribution in [0.4, 0.5) is 0 Å². The van der Waals surface area contributed by atoms with Gasteiger partial charge in [0.1, 0.15) is 5.69 Å². The van der Waals surface area contributed by atoms with Crippen molar-refractivity contribution < 1.29 is 4.79 Å². The van der Waals surface area contributed by atoms with E-state index in [1.54, 1.807) is 16.9 Å². The second-order valence-corrected chi connectivity index (χ2v) is 5.51. The maximum absolute atomic E-state index is 11.1. The molecule has 1 atom stereocenters. The Hall–Kier alpha value is -2.33. The van der Waals surface area contributed by atoms with Gasteiger partial charge in [0.25, 0.3) is 0 Å². The Balaban J connectivity index is 2.02. The third-order valence-electron chi connectivity index (χ3n) is 3.72. The fourth-order valence-electron chi connectivity index (χ4n) is 2.60. The van der Waals surface area contributed by atoms with Crippen molar-refractivity contribution in [2.75, 3.05) is 5.43 Å². The number of carbonyl (C=O) groups excluding carboxylic acids is 1. The van der Waals surface area contributed by atoms with E-state index < -0.39 is 0 Å². The predicted molar refractivity (Wildman–Crippen MR) is 89.0 cm³/mol. The summed E-state index contributed by atoms with van der Waals surface area (Å²) >= 11 is 6.04. The maximum atomic E-state index is 11.1. The highest BCUT2D eigenvalue weighted by Gasteiger charge is 2.14. The lowest BCUT2D eigenvalue weighted by Gasteiger charge is -2.21. The number of aldehydes is 1. The number of carbonyl (C=O) groups is 1. The molecule has 0 fully saturated rings. The van der Waals surface area contributed by atoms with Crippen LogP contribution in [-0.4, -0.2) is 15.9 Å². The number of aromatic nitrogens is 2. The van der Waals surface area contributed by atoms with Gasteiger partial charge in [-0.2, -0.15) is 0 Å². The van der Waals surface area contributed by atoms with Crippen LogP contribution in [0, 0.1) is 0 Å². The van der Waals surface area contributed by atoms with E-state index in [1.807, 2.05) is 36.5 Å². The molecule has 0 spiro atoms. The van der Waals surface area contributed by atoms with Crippen LogP contribution in [0.5, 0.6) is 0 Å². The Labute approximate surface area is 133 Å². The van der Waals surface area contributed by atoms with Gasteiger partial charge in [0.2, 0.25) is 0 Å². The number of fused-ring (bicyclic) bond motifs is 1. The van der Waals surface area contributed by atoms with E-state index in [1.165, 1.54) is 0 Å². The third-order valence-corrected chi connectivity index (χ3v) is 3.95. The summed E-state index contributed by atoms with van der Waals surface area (Å²) in [6.07, 6.45) is 5.34. The predicted octanol–water partition coefficient (Wildman–Crippen LogP) is 4.20. The largest absolute Gasteiger partial charge is 0.318 e. The van der Waals surface area contributed by atoms with Crippen LogP contribution in [-0.2, 0) is 0 Å². The molecule has 22 heavy (non-hydrogen) atoms. The second-order valence-electron chi connectivity index (χ2n) is 5.07. The summed E-state index contributed by atoms with van der Waals surface area (Å²) in [7, 11) is 0. The normalized spacial score (nSPS) is 12.3. The van der Waals surface area contributed by atoms with Crippen molar-refractivity contribution in [3.05, 3.63) is 65.1 Å². The molecule has 0 aliphatic rings. The van der Waals surface area contributed by atoms with Crippen molar-refractivity contribution in [2.45, 2.75) is 19.4 Å². The van der Waals surface area contributed by atoms with Gasteiger partial charge in [-0.05, 0) is 42.3 Å². The van der Waals surface area contributed by atoms with Crippen LogP contribution < -0.4 is 5.43 Å². The van der Waals surface area contributed by atoms with Crippen LogP contribution in [0.15, 0.2) is 48.8 Å². The van der Waals surface area contributed by atoms with Gasteiger partial charge in [0.15, 0.2) is 6.29 Å². The molecule has 2 aromatic heterocycles. The Morgan fingerprint density at radius 2 is 2.23 bits per heavy atom. The third kappa shape index (κ3) is 2.70. The minimum absolute atomic E-state index is 0.0674. The minimum Gasteiger partial charge on any atom is -0.318 e. The number of nitrogens with one attached hydrogen (secondary N) is 1. The summed E-state index contributed by atoms with van der Waals surface area (Å²) < 4.78 is 1.75. The second kappa shape index (κ2) is 6.20. The van der Waals surface area contributed by atoms with Gasteiger partial charge in [0.05, 0.1) is 11.6 Å². The number of benzene rings is 1. The van der Waals surface area contributed by atoms with Gasteiger partial charge < -0.3 is 5.43 Å². The number of nitrogens with zero attached hydrogens (tertiary/aromatic N) is 2. The average Bonchev–Trinajstić information content (AvgIpc) is 2.99. The quantitative estimate of drug-likeness (QED) is 0.718. The van der Waals surface area contributed by atoms with Crippen LogP contribution in [0.2, 0.25) is 5.02 Å². The van der Waals surface area contributed by atoms with E-state index in [-0.39, 0.29) is 6.04 Å². The lowest BCUT2D eigenvalue weighted by molar-refractivity contribution is 0.111. The molecular weight excluding hydrogens is 298 g/mol. The molecule has 1 N–H and O–H groups in total. The lowest BCUT2D eigenvalue weighted by atomic mass is 10.0. The molecule has 0 aliphatic heterocycles. The van der Waals surface area contributed by atoms with Crippen molar-refractivity contribution in [1.82, 2.24) is 9.66 Å². The molecule has 5 heteroatoms. The monoisotopic (exact) mass is 313 g/mol. The summed E-state index contributed by atoms with van der Waals surface area (Å²) in [6, 6.07) is 11.4. The van der Waals surface area contributed by atoms with Gasteiger partial charge in [0, 0.05) is 22.8 Å². The highest BCUT2D eigenvalue weighted by atomic mass is 35.5. The highest BCUT2D eigenvalue weighted by Crippen LogP contribution is 2.27. The summed E-state index contributed by atoms with van der Waals surface area (Å²) in [5.74, 6) is 0. The maximum Gasteiger partial charge on any atom is 0.168 e. The molecular formula is C17H16ClN3O. The first-order valence-electron chi connectivity index (χ1n) is 7.16. The molecule has 0 saturated carbocycles. The van der Waals surface area contributed by atoms with Crippen molar-refractivity contribution in [2.24, 2.45) is 0 Å². The van der Waals surface area contributed by atoms with E-state index in [0.717, 1.165) is 29.2 Å². The van der Waals surface area contributed by atoms with E-state index in [4.69, 9.17) is 11.6 Å². The number of halogens is 1. The molecule has 4 nitrogen and oxygen atoms in total. The summed E-state index contributed by atoms with van der Waals surface area (Å²) in [6.45, 7) is 2.10. The molecule has 1 unspecified atom stereocenters. The van der Waals surface area contributed by atoms with E-state index >= 15 is 0 Å². The van der Waals surface area contributed by atoms with Crippen LogP contribution in [0.3, 0.4) is 0 Å². The fourth-order valence-corrected chi connectivity index (χ4v) is 2.77. The number of pyridine rings is 1. The van der Waals surface area contributed by atoms with E-state index in [0.29, 0.717) is 10.7 Å². The molecule has 3 aromatic rings. The van der Waals surface area contributed by atoms with Crippen LogP contribution >= 0.6 is 11.6 Å². The molecule has 112 valence electrons. The molecule has 0 bridgehead atoms. The fraction of sp³-hybridized carbons (Fsp3) is 0.176. The van der Waals surface area contributed by atoms with E-state index in [2.05, 4.69) is 17.3 Å². The first-order valence-corrected chi connectivity index (χ1v) is 7.54. The summed E-state index contributed by atoms with van der Waals surface area (Å²) in [5, 5.41) is 1.73. The van der Waals surface area contributed by atoms with Crippen molar-refractivity contribution >= 4 is 28.8 Å². The number of hydrogen-bond acceptors (Lipinski definition) is 3. The summed E-state index contributed by atoms with van der Waals surface area (Å²) in [5.41, 5.74) is 5.98. The van der Waals surface area contributed by atoms with Gasteiger partial charge >= 0.3 is 0 Å². The number of rotatable bonds is 5. The Bertz CT molecular complexity index is 813. The molecule has 0 aliphatic carbocycles. The molecule has 0 saturated heterocycles. The Morgan fingerprint density at radius 3 is 3.00 bits per heavy atom. The Kier molecular flexibility index (Phi) is 4.11. The van der Waals surface area contributed by atoms with Crippen molar-refractivity contribution in [3.8, 4) is 0 Å². The van der Waals surface area contributed by atoms with Gasteiger partial charge in [-0.15, -0.1) is 0 Å². The van der Waals surface area contributed by atoms with Gasteiger partial charge in [-0.1, -0.05) is 24.6 Å². The van der Waals surface area contributed by atoms with Gasteiger partial charge in [-0.25, -0.2) is 0 Å². The minimum atomic E-state index is 0.0674. The zero-order valence-corrected chi connectivity index (χ0v) is 12.9. The average molecular weight is 314 g/mol. The Morgan fingerprint density at radius 1 is 1.36 bits per heavy atom. The van der Waals surface area contributed by atoms with Crippen molar-refractivity contribution in [3.63, 3.8) is 0 Å². The number of hydrogen-bond donors (Lipinski definition) is 1. The molecule has 0 radical (unpaired) electrons.